The largest absolute Gasteiger partial charge is 0.462 e. The molecule has 0 N–H and O–H groups in total. The number of hydrogen-bond acceptors (Lipinski definition) is 6. The number of carbonyl (C=O) groups is 3. The minimum absolute atomic E-state index is 0.0778. The maximum atomic E-state index is 12.9. The van der Waals surface area contributed by atoms with Gasteiger partial charge in [0.15, 0.2) is 6.10 Å². The maximum Gasteiger partial charge on any atom is 0.306 e. The summed E-state index contributed by atoms with van der Waals surface area (Å²) in [4.78, 5) is 38.4. The Kier molecular flexibility index (Phi) is 67.7. The van der Waals surface area contributed by atoms with Crippen LogP contribution >= 0.6 is 0 Å². The molecule has 0 heterocycles. The fourth-order valence-electron chi connectivity index (χ4n) is 10.2. The normalized spacial score (nSPS) is 12.7. The van der Waals surface area contributed by atoms with E-state index in [-0.39, 0.29) is 31.1 Å². The molecule has 0 saturated heterocycles. The SMILES string of the molecule is CC/C=C\C/C=C\C/C=C\C/C=C\C/C=C\C/C=C\CCCCCCCCCCCCCCCCCCC(=O)OCC(COC(=O)CCCCCCC/C=C\CCCCCC)OC(=O)CCCCCCCCC/C=C\CCCCCCCC. The average Bonchev–Trinajstić information content (AvgIpc) is 3.49. The van der Waals surface area contributed by atoms with E-state index in [0.717, 1.165) is 103 Å². The third-order valence-corrected chi connectivity index (χ3v) is 15.5. The lowest BCUT2D eigenvalue weighted by Crippen LogP contribution is -2.30. The smallest absolute Gasteiger partial charge is 0.306 e. The van der Waals surface area contributed by atoms with Crippen molar-refractivity contribution in [1.29, 1.82) is 0 Å². The Morgan fingerprint density at radius 1 is 0.253 bits per heavy atom. The molecule has 0 saturated carbocycles. The second-order valence-electron chi connectivity index (χ2n) is 23.8. The lowest BCUT2D eigenvalue weighted by atomic mass is 10.0. The second-order valence-corrected chi connectivity index (χ2v) is 23.8. The van der Waals surface area contributed by atoms with Gasteiger partial charge in [0.25, 0.3) is 0 Å². The van der Waals surface area contributed by atoms with Crippen LogP contribution in [0, 0.1) is 0 Å². The van der Waals surface area contributed by atoms with Gasteiger partial charge in [-0.15, -0.1) is 0 Å². The Morgan fingerprint density at radius 2 is 0.470 bits per heavy atom. The van der Waals surface area contributed by atoms with E-state index in [0.29, 0.717) is 19.3 Å². The first-order chi connectivity index (χ1) is 41.0. The number of ether oxygens (including phenoxy) is 3. The zero-order valence-corrected chi connectivity index (χ0v) is 54.9. The Hall–Kier alpha value is -3.67. The fraction of sp³-hybridized carbons (Fsp3) is 0.753. The van der Waals surface area contributed by atoms with Crippen molar-refractivity contribution < 1.29 is 28.6 Å². The van der Waals surface area contributed by atoms with Crippen LogP contribution in [0.25, 0.3) is 0 Å². The Morgan fingerprint density at radius 3 is 0.759 bits per heavy atom. The van der Waals surface area contributed by atoms with Gasteiger partial charge in [-0.3, -0.25) is 14.4 Å². The molecule has 0 amide bonds. The molecule has 0 fully saturated rings. The van der Waals surface area contributed by atoms with E-state index in [9.17, 15) is 14.4 Å². The van der Waals surface area contributed by atoms with Crippen molar-refractivity contribution in [1.82, 2.24) is 0 Å². The molecular weight excluding hydrogens is 1020 g/mol. The number of rotatable bonds is 65. The van der Waals surface area contributed by atoms with Crippen LogP contribution in [0.15, 0.2) is 97.2 Å². The topological polar surface area (TPSA) is 78.9 Å². The molecule has 83 heavy (non-hydrogen) atoms. The lowest BCUT2D eigenvalue weighted by molar-refractivity contribution is -0.167. The van der Waals surface area contributed by atoms with Crippen molar-refractivity contribution in [3.8, 4) is 0 Å². The molecule has 0 aromatic rings. The Bertz CT molecular complexity index is 1610. The second kappa shape index (κ2) is 70.8. The molecule has 478 valence electrons. The van der Waals surface area contributed by atoms with Crippen molar-refractivity contribution >= 4 is 17.9 Å². The average molecular weight is 1160 g/mol. The Balaban J connectivity index is 4.16. The molecule has 6 nitrogen and oxygen atoms in total. The van der Waals surface area contributed by atoms with Gasteiger partial charge in [0.05, 0.1) is 0 Å². The third-order valence-electron chi connectivity index (χ3n) is 15.5. The summed E-state index contributed by atoms with van der Waals surface area (Å²) < 4.78 is 17.0. The quantitative estimate of drug-likeness (QED) is 0.0261. The fourth-order valence-corrected chi connectivity index (χ4v) is 10.2. The van der Waals surface area contributed by atoms with Crippen molar-refractivity contribution in [2.75, 3.05) is 13.2 Å². The number of hydrogen-bond donors (Lipinski definition) is 0. The first kappa shape index (κ1) is 79.3. The van der Waals surface area contributed by atoms with Crippen LogP contribution in [0.1, 0.15) is 355 Å². The van der Waals surface area contributed by atoms with Gasteiger partial charge in [-0.1, -0.05) is 311 Å². The third kappa shape index (κ3) is 69.0. The molecule has 0 spiro atoms. The highest BCUT2D eigenvalue weighted by atomic mass is 16.6. The predicted molar refractivity (Wildman–Crippen MR) is 362 cm³/mol. The molecule has 1 unspecified atom stereocenters. The van der Waals surface area contributed by atoms with E-state index in [2.05, 4.69) is 118 Å². The summed E-state index contributed by atoms with van der Waals surface area (Å²) in [5.41, 5.74) is 0. The standard InChI is InChI=1S/C77H134O6/c1-4-7-10-13-16-19-22-25-27-29-30-31-32-33-34-35-36-37-38-39-40-41-42-43-44-45-46-48-49-52-55-58-61-64-67-70-76(79)82-73-74(72-81-75(78)69-66-63-60-57-54-51-24-21-18-15-12-9-6-3)83-77(80)71-68-65-62-59-56-53-50-47-28-26-23-20-17-14-11-8-5-2/h7,10,16,19,21,24-28,30-31,33-34,36-37,74H,4-6,8-9,11-15,17-18,20,22-23,29,32,35,38-73H2,1-3H3/b10-7-,19-16-,24-21-,27-25-,28-26-,31-30-,34-33-,37-36-. The molecule has 0 bridgehead atoms. The molecule has 0 rings (SSSR count). The minimum Gasteiger partial charge on any atom is -0.462 e. The van der Waals surface area contributed by atoms with Crippen LogP contribution in [-0.2, 0) is 28.6 Å². The van der Waals surface area contributed by atoms with E-state index in [1.165, 1.54) is 212 Å². The van der Waals surface area contributed by atoms with Crippen LogP contribution in [0.5, 0.6) is 0 Å². The predicted octanol–water partition coefficient (Wildman–Crippen LogP) is 24.8. The molecule has 0 aliphatic heterocycles. The van der Waals surface area contributed by atoms with E-state index in [1.54, 1.807) is 0 Å². The molecule has 0 aliphatic carbocycles. The molecular formula is C77H134O6. The van der Waals surface area contributed by atoms with Gasteiger partial charge in [-0.05, 0) is 122 Å². The first-order valence-corrected chi connectivity index (χ1v) is 35.7. The number of allylic oxidation sites excluding steroid dienone is 16. The highest BCUT2D eigenvalue weighted by Crippen LogP contribution is 2.17. The number of esters is 3. The zero-order chi connectivity index (χ0) is 59.9. The van der Waals surface area contributed by atoms with Crippen LogP contribution in [0.2, 0.25) is 0 Å². The lowest BCUT2D eigenvalue weighted by Gasteiger charge is -2.18. The molecule has 0 aromatic heterocycles. The van der Waals surface area contributed by atoms with Crippen LogP contribution in [-0.4, -0.2) is 37.2 Å². The van der Waals surface area contributed by atoms with Gasteiger partial charge in [0.1, 0.15) is 13.2 Å². The van der Waals surface area contributed by atoms with E-state index < -0.39 is 6.10 Å². The van der Waals surface area contributed by atoms with E-state index in [1.807, 2.05) is 0 Å². The van der Waals surface area contributed by atoms with Crippen molar-refractivity contribution in [2.24, 2.45) is 0 Å². The summed E-state index contributed by atoms with van der Waals surface area (Å²) in [5.74, 6) is -0.874. The molecule has 0 aliphatic rings. The number of unbranched alkanes of at least 4 members (excludes halogenated alkanes) is 38. The highest BCUT2D eigenvalue weighted by Gasteiger charge is 2.19. The molecule has 6 heteroatoms. The highest BCUT2D eigenvalue weighted by molar-refractivity contribution is 5.71. The monoisotopic (exact) mass is 1160 g/mol. The minimum atomic E-state index is -0.782. The van der Waals surface area contributed by atoms with Crippen LogP contribution in [0.4, 0.5) is 0 Å². The van der Waals surface area contributed by atoms with E-state index >= 15 is 0 Å². The van der Waals surface area contributed by atoms with Gasteiger partial charge in [0.2, 0.25) is 0 Å². The molecule has 1 atom stereocenters. The van der Waals surface area contributed by atoms with Crippen LogP contribution in [0.3, 0.4) is 0 Å². The zero-order valence-electron chi connectivity index (χ0n) is 54.9. The summed E-state index contributed by atoms with van der Waals surface area (Å²) in [6.45, 7) is 6.53. The van der Waals surface area contributed by atoms with Crippen molar-refractivity contribution in [3.63, 3.8) is 0 Å². The van der Waals surface area contributed by atoms with Gasteiger partial charge < -0.3 is 14.2 Å². The summed E-state index contributed by atoms with van der Waals surface area (Å²) in [6.07, 6.45) is 95.8. The summed E-state index contributed by atoms with van der Waals surface area (Å²) >= 11 is 0. The van der Waals surface area contributed by atoms with Gasteiger partial charge in [-0.2, -0.15) is 0 Å². The summed E-state index contributed by atoms with van der Waals surface area (Å²) in [6, 6.07) is 0. The molecule has 0 aromatic carbocycles. The Labute approximate surface area is 515 Å². The maximum absolute atomic E-state index is 12.9. The van der Waals surface area contributed by atoms with Gasteiger partial charge >= 0.3 is 17.9 Å². The molecule has 0 radical (unpaired) electrons. The first-order valence-electron chi connectivity index (χ1n) is 35.7. The van der Waals surface area contributed by atoms with Crippen LogP contribution < -0.4 is 0 Å². The van der Waals surface area contributed by atoms with Crippen molar-refractivity contribution in [3.05, 3.63) is 97.2 Å². The summed E-state index contributed by atoms with van der Waals surface area (Å²) in [7, 11) is 0. The summed E-state index contributed by atoms with van der Waals surface area (Å²) in [5, 5.41) is 0. The number of carbonyl (C=O) groups excluding carboxylic acids is 3. The van der Waals surface area contributed by atoms with Gasteiger partial charge in [-0.25, -0.2) is 0 Å². The van der Waals surface area contributed by atoms with Crippen molar-refractivity contribution in [2.45, 2.75) is 361 Å². The van der Waals surface area contributed by atoms with E-state index in [4.69, 9.17) is 14.2 Å². The van der Waals surface area contributed by atoms with Gasteiger partial charge in [0, 0.05) is 19.3 Å².